The second kappa shape index (κ2) is 7.89. The van der Waals surface area contributed by atoms with Crippen LogP contribution in [0.4, 0.5) is 4.79 Å². The molecule has 1 heterocycles. The monoisotopic (exact) mass is 348 g/mol. The number of sulfonamides is 1. The Balaban J connectivity index is 1.88. The van der Waals surface area contributed by atoms with Gasteiger partial charge in [0.1, 0.15) is 0 Å². The Bertz CT molecular complexity index is 777. The van der Waals surface area contributed by atoms with Gasteiger partial charge < -0.3 is 10.6 Å². The van der Waals surface area contributed by atoms with Gasteiger partial charge in [0.2, 0.25) is 10.0 Å². The van der Waals surface area contributed by atoms with E-state index in [0.717, 1.165) is 11.1 Å². The molecule has 0 bridgehead atoms. The van der Waals surface area contributed by atoms with Gasteiger partial charge in [0.15, 0.2) is 0 Å². The molecule has 2 rings (SSSR count). The van der Waals surface area contributed by atoms with Crippen LogP contribution in [0.1, 0.15) is 24.1 Å². The van der Waals surface area contributed by atoms with Gasteiger partial charge in [-0.25, -0.2) is 17.9 Å². The lowest BCUT2D eigenvalue weighted by Gasteiger charge is -2.14. The van der Waals surface area contributed by atoms with Gasteiger partial charge in [0.05, 0.1) is 10.9 Å². The number of benzene rings is 1. The molecule has 0 aliphatic heterocycles. The molecule has 8 heteroatoms. The molecule has 3 N–H and O–H groups in total. The van der Waals surface area contributed by atoms with Crippen molar-refractivity contribution in [3.63, 3.8) is 0 Å². The Kier molecular flexibility index (Phi) is 5.88. The van der Waals surface area contributed by atoms with Gasteiger partial charge in [-0.15, -0.1) is 0 Å². The zero-order chi connectivity index (χ0) is 17.6. The standard InChI is InChI=1S/C16H20N4O3S/c1-12(14-4-3-9-18-11-14)20-16(21)19-10-13-5-7-15(8-6-13)24(22,23)17-2/h3-9,11-12,17H,10H2,1-2H3,(H2,19,20,21)/t12-/m0/s1. The van der Waals surface area contributed by atoms with Crippen molar-refractivity contribution in [3.05, 3.63) is 59.9 Å². The second-order valence-corrected chi connectivity index (χ2v) is 7.07. The van der Waals surface area contributed by atoms with Gasteiger partial charge in [-0.3, -0.25) is 4.98 Å². The fraction of sp³-hybridized carbons (Fsp3) is 0.250. The molecule has 24 heavy (non-hydrogen) atoms. The molecule has 0 aliphatic rings. The van der Waals surface area contributed by atoms with Crippen LogP contribution in [0.5, 0.6) is 0 Å². The number of hydrogen-bond donors (Lipinski definition) is 3. The number of nitrogens with zero attached hydrogens (tertiary/aromatic N) is 1. The van der Waals surface area contributed by atoms with Crippen molar-refractivity contribution in [1.82, 2.24) is 20.3 Å². The van der Waals surface area contributed by atoms with Crippen LogP contribution in [0.15, 0.2) is 53.7 Å². The largest absolute Gasteiger partial charge is 0.334 e. The summed E-state index contributed by atoms with van der Waals surface area (Å²) in [5.41, 5.74) is 1.71. The topological polar surface area (TPSA) is 100 Å². The zero-order valence-corrected chi connectivity index (χ0v) is 14.3. The van der Waals surface area contributed by atoms with E-state index in [1.807, 2.05) is 19.1 Å². The SMILES string of the molecule is CNS(=O)(=O)c1ccc(CNC(=O)N[C@@H](C)c2cccnc2)cc1. The fourth-order valence-electron chi connectivity index (χ4n) is 2.05. The third kappa shape index (κ3) is 4.77. The third-order valence-electron chi connectivity index (χ3n) is 3.49. The lowest BCUT2D eigenvalue weighted by atomic mass is 10.1. The molecular weight excluding hydrogens is 328 g/mol. The molecule has 0 unspecified atom stereocenters. The summed E-state index contributed by atoms with van der Waals surface area (Å²) in [7, 11) is -2.09. The minimum atomic E-state index is -3.45. The lowest BCUT2D eigenvalue weighted by molar-refractivity contribution is 0.237. The highest BCUT2D eigenvalue weighted by Crippen LogP contribution is 2.11. The molecule has 0 spiro atoms. The summed E-state index contributed by atoms with van der Waals surface area (Å²) in [5.74, 6) is 0. The number of carbonyl (C=O) groups excluding carboxylic acids is 1. The molecule has 2 amide bonds. The molecule has 1 aromatic carbocycles. The van der Waals surface area contributed by atoms with Gasteiger partial charge in [0.25, 0.3) is 0 Å². The van der Waals surface area contributed by atoms with Crippen molar-refractivity contribution < 1.29 is 13.2 Å². The first-order chi connectivity index (χ1) is 11.4. The summed E-state index contributed by atoms with van der Waals surface area (Å²) in [6.07, 6.45) is 3.38. The molecule has 128 valence electrons. The zero-order valence-electron chi connectivity index (χ0n) is 13.5. The molecule has 1 aromatic heterocycles. The molecular formula is C16H20N4O3S. The number of rotatable bonds is 6. The predicted molar refractivity (Wildman–Crippen MR) is 90.7 cm³/mol. The number of aromatic nitrogens is 1. The van der Waals surface area contributed by atoms with Crippen LogP contribution in [-0.4, -0.2) is 26.5 Å². The van der Waals surface area contributed by atoms with Crippen molar-refractivity contribution in [3.8, 4) is 0 Å². The minimum Gasteiger partial charge on any atom is -0.334 e. The molecule has 0 fully saturated rings. The first kappa shape index (κ1) is 17.9. The molecule has 7 nitrogen and oxygen atoms in total. The smallest absolute Gasteiger partial charge is 0.315 e. The molecule has 0 aliphatic carbocycles. The maximum absolute atomic E-state index is 11.9. The molecule has 0 saturated carbocycles. The summed E-state index contributed by atoms with van der Waals surface area (Å²) in [6.45, 7) is 2.17. The van der Waals surface area contributed by atoms with Crippen LogP contribution in [-0.2, 0) is 16.6 Å². The van der Waals surface area contributed by atoms with Crippen molar-refractivity contribution in [2.45, 2.75) is 24.4 Å². The summed E-state index contributed by atoms with van der Waals surface area (Å²) >= 11 is 0. The van der Waals surface area contributed by atoms with Gasteiger partial charge >= 0.3 is 6.03 Å². The average molecular weight is 348 g/mol. The van der Waals surface area contributed by atoms with E-state index in [1.165, 1.54) is 19.2 Å². The summed E-state index contributed by atoms with van der Waals surface area (Å²) in [4.78, 5) is 16.1. The molecule has 0 radical (unpaired) electrons. The Morgan fingerprint density at radius 1 is 1.21 bits per heavy atom. The first-order valence-corrected chi connectivity index (χ1v) is 8.87. The van der Waals surface area contributed by atoms with Crippen molar-refractivity contribution >= 4 is 16.1 Å². The van der Waals surface area contributed by atoms with Crippen LogP contribution in [0, 0.1) is 0 Å². The van der Waals surface area contributed by atoms with Gasteiger partial charge in [-0.1, -0.05) is 18.2 Å². The highest BCUT2D eigenvalue weighted by atomic mass is 32.2. The highest BCUT2D eigenvalue weighted by molar-refractivity contribution is 7.89. The number of urea groups is 1. The number of nitrogens with one attached hydrogen (secondary N) is 3. The van der Waals surface area contributed by atoms with Gasteiger partial charge in [-0.2, -0.15) is 0 Å². The van der Waals surface area contributed by atoms with E-state index < -0.39 is 10.0 Å². The number of pyridine rings is 1. The normalized spacial score (nSPS) is 12.4. The predicted octanol–water partition coefficient (Wildman–Crippen LogP) is 1.55. The number of hydrogen-bond acceptors (Lipinski definition) is 4. The van der Waals surface area contributed by atoms with Crippen LogP contribution >= 0.6 is 0 Å². The van der Waals surface area contributed by atoms with E-state index in [1.54, 1.807) is 24.5 Å². The van der Waals surface area contributed by atoms with E-state index in [-0.39, 0.29) is 17.0 Å². The molecule has 1 atom stereocenters. The Labute approximate surface area is 141 Å². The molecule has 0 saturated heterocycles. The Hall–Kier alpha value is -2.45. The van der Waals surface area contributed by atoms with Crippen molar-refractivity contribution in [2.24, 2.45) is 0 Å². The lowest BCUT2D eigenvalue weighted by Crippen LogP contribution is -2.36. The number of carbonyl (C=O) groups is 1. The van der Waals surface area contributed by atoms with Crippen LogP contribution in [0.2, 0.25) is 0 Å². The summed E-state index contributed by atoms with van der Waals surface area (Å²) < 4.78 is 25.5. The van der Waals surface area contributed by atoms with E-state index in [0.29, 0.717) is 6.54 Å². The van der Waals surface area contributed by atoms with E-state index >= 15 is 0 Å². The number of amides is 2. The average Bonchev–Trinajstić information content (AvgIpc) is 2.61. The minimum absolute atomic E-state index is 0.165. The maximum Gasteiger partial charge on any atom is 0.315 e. The summed E-state index contributed by atoms with van der Waals surface area (Å²) in [6, 6.07) is 9.55. The molecule has 2 aromatic rings. The summed E-state index contributed by atoms with van der Waals surface area (Å²) in [5, 5.41) is 5.55. The quantitative estimate of drug-likeness (QED) is 0.737. The van der Waals surface area contributed by atoms with E-state index in [4.69, 9.17) is 0 Å². The first-order valence-electron chi connectivity index (χ1n) is 7.39. The highest BCUT2D eigenvalue weighted by Gasteiger charge is 2.11. The maximum atomic E-state index is 11.9. The van der Waals surface area contributed by atoms with Crippen LogP contribution < -0.4 is 15.4 Å². The van der Waals surface area contributed by atoms with Gasteiger partial charge in [0, 0.05) is 18.9 Å². The van der Waals surface area contributed by atoms with E-state index in [2.05, 4.69) is 20.3 Å². The second-order valence-electron chi connectivity index (χ2n) is 5.19. The van der Waals surface area contributed by atoms with Crippen molar-refractivity contribution in [2.75, 3.05) is 7.05 Å². The van der Waals surface area contributed by atoms with Crippen molar-refractivity contribution in [1.29, 1.82) is 0 Å². The van der Waals surface area contributed by atoms with Crippen LogP contribution in [0.3, 0.4) is 0 Å². The van der Waals surface area contributed by atoms with Gasteiger partial charge in [-0.05, 0) is 43.3 Å². The Morgan fingerprint density at radius 2 is 1.92 bits per heavy atom. The third-order valence-corrected chi connectivity index (χ3v) is 4.92. The van der Waals surface area contributed by atoms with E-state index in [9.17, 15) is 13.2 Å². The van der Waals surface area contributed by atoms with Crippen LogP contribution in [0.25, 0.3) is 0 Å². The fourth-order valence-corrected chi connectivity index (χ4v) is 2.78. The Morgan fingerprint density at radius 3 is 2.50 bits per heavy atom.